The molecule has 0 fully saturated rings. The second-order valence-electron chi connectivity index (χ2n) is 7.21. The van der Waals surface area contributed by atoms with Gasteiger partial charge >= 0.3 is 0 Å². The standard InChI is InChI=1S/C23H34N2O2/c1-4-5-6-7-8-9-13-23(26-19-14-15-20(24)17(2)16-19)27-22-12-10-11-21(25)18(22)3/h10-12,14-16,23H,4-9,13,24-25H2,1-3H3. The number of nitrogen functional groups attached to an aromatic ring is 2. The first-order valence-corrected chi connectivity index (χ1v) is 10.1. The maximum atomic E-state index is 6.19. The Hall–Kier alpha value is -2.36. The van der Waals surface area contributed by atoms with Crippen molar-refractivity contribution in [2.24, 2.45) is 0 Å². The topological polar surface area (TPSA) is 70.5 Å². The second kappa shape index (κ2) is 10.7. The van der Waals surface area contributed by atoms with Gasteiger partial charge in [0.2, 0.25) is 6.29 Å². The largest absolute Gasteiger partial charge is 0.455 e. The van der Waals surface area contributed by atoms with E-state index in [1.54, 1.807) is 0 Å². The first kappa shape index (κ1) is 20.9. The molecule has 0 aliphatic rings. The fourth-order valence-electron chi connectivity index (χ4n) is 3.01. The summed E-state index contributed by atoms with van der Waals surface area (Å²) in [6.45, 7) is 6.19. The molecule has 4 N–H and O–H groups in total. The average molecular weight is 371 g/mol. The molecular formula is C23H34N2O2. The third kappa shape index (κ3) is 6.70. The lowest BCUT2D eigenvalue weighted by Gasteiger charge is -2.22. The number of rotatable bonds is 11. The lowest BCUT2D eigenvalue weighted by molar-refractivity contribution is -0.00291. The molecule has 2 rings (SSSR count). The van der Waals surface area contributed by atoms with Crippen LogP contribution in [0, 0.1) is 13.8 Å². The molecule has 0 aliphatic carbocycles. The minimum Gasteiger partial charge on any atom is -0.455 e. The van der Waals surface area contributed by atoms with E-state index in [0.717, 1.165) is 46.8 Å². The molecule has 2 aromatic carbocycles. The maximum Gasteiger partial charge on any atom is 0.241 e. The summed E-state index contributed by atoms with van der Waals surface area (Å²) in [5.41, 5.74) is 15.4. The molecule has 0 radical (unpaired) electrons. The predicted octanol–water partition coefficient (Wildman–Crippen LogP) is 6.00. The quantitative estimate of drug-likeness (QED) is 0.289. The smallest absolute Gasteiger partial charge is 0.241 e. The zero-order valence-corrected chi connectivity index (χ0v) is 17.0. The number of hydrogen-bond acceptors (Lipinski definition) is 4. The molecule has 0 saturated heterocycles. The molecule has 0 aromatic heterocycles. The molecule has 4 heteroatoms. The molecule has 0 saturated carbocycles. The van der Waals surface area contributed by atoms with Gasteiger partial charge in [0, 0.05) is 23.4 Å². The summed E-state index contributed by atoms with van der Waals surface area (Å²) in [6, 6.07) is 11.5. The van der Waals surface area contributed by atoms with Crippen LogP contribution in [0.15, 0.2) is 36.4 Å². The molecule has 27 heavy (non-hydrogen) atoms. The van der Waals surface area contributed by atoms with Gasteiger partial charge in [-0.2, -0.15) is 0 Å². The zero-order chi connectivity index (χ0) is 19.6. The molecule has 2 aromatic rings. The van der Waals surface area contributed by atoms with E-state index in [1.807, 2.05) is 50.2 Å². The highest BCUT2D eigenvalue weighted by molar-refractivity contribution is 5.53. The van der Waals surface area contributed by atoms with E-state index in [2.05, 4.69) is 6.92 Å². The summed E-state index contributed by atoms with van der Waals surface area (Å²) in [5, 5.41) is 0. The van der Waals surface area contributed by atoms with E-state index in [-0.39, 0.29) is 6.29 Å². The molecule has 1 unspecified atom stereocenters. The van der Waals surface area contributed by atoms with Gasteiger partial charge < -0.3 is 20.9 Å². The fraction of sp³-hybridized carbons (Fsp3) is 0.478. The van der Waals surface area contributed by atoms with E-state index in [1.165, 1.54) is 32.1 Å². The number of hydrogen-bond donors (Lipinski definition) is 2. The normalized spacial score (nSPS) is 12.0. The van der Waals surface area contributed by atoms with Crippen molar-refractivity contribution in [1.29, 1.82) is 0 Å². The van der Waals surface area contributed by atoms with Crippen molar-refractivity contribution >= 4 is 11.4 Å². The minimum atomic E-state index is -0.348. The van der Waals surface area contributed by atoms with Crippen LogP contribution in [-0.2, 0) is 0 Å². The molecular weight excluding hydrogens is 336 g/mol. The van der Waals surface area contributed by atoms with Crippen LogP contribution in [0.3, 0.4) is 0 Å². The molecule has 0 spiro atoms. The fourth-order valence-corrected chi connectivity index (χ4v) is 3.01. The molecule has 148 valence electrons. The Bertz CT molecular complexity index is 716. The predicted molar refractivity (Wildman–Crippen MR) is 114 cm³/mol. The average Bonchev–Trinajstić information content (AvgIpc) is 2.64. The number of aryl methyl sites for hydroxylation is 1. The van der Waals surface area contributed by atoms with Gasteiger partial charge in [-0.15, -0.1) is 0 Å². The van der Waals surface area contributed by atoms with E-state index in [4.69, 9.17) is 20.9 Å². The Morgan fingerprint density at radius 1 is 0.852 bits per heavy atom. The Labute approximate surface area is 163 Å². The summed E-state index contributed by atoms with van der Waals surface area (Å²) in [7, 11) is 0. The van der Waals surface area contributed by atoms with Crippen molar-refractivity contribution < 1.29 is 9.47 Å². The summed E-state index contributed by atoms with van der Waals surface area (Å²) in [5.74, 6) is 1.55. The van der Waals surface area contributed by atoms with Gasteiger partial charge in [-0.05, 0) is 56.2 Å². The molecule has 0 bridgehead atoms. The van der Waals surface area contributed by atoms with Gasteiger partial charge in [-0.25, -0.2) is 0 Å². The third-order valence-electron chi connectivity index (χ3n) is 4.89. The molecule has 0 heterocycles. The van der Waals surface area contributed by atoms with Crippen molar-refractivity contribution in [2.75, 3.05) is 11.5 Å². The van der Waals surface area contributed by atoms with Crippen molar-refractivity contribution in [3.63, 3.8) is 0 Å². The SMILES string of the molecule is CCCCCCCCC(Oc1ccc(N)c(C)c1)Oc1cccc(N)c1C. The van der Waals surface area contributed by atoms with Crippen LogP contribution in [-0.4, -0.2) is 6.29 Å². The van der Waals surface area contributed by atoms with Gasteiger partial charge in [-0.1, -0.05) is 45.1 Å². The third-order valence-corrected chi connectivity index (χ3v) is 4.89. The van der Waals surface area contributed by atoms with Crippen LogP contribution in [0.25, 0.3) is 0 Å². The summed E-state index contributed by atoms with van der Waals surface area (Å²) >= 11 is 0. The number of ether oxygens (including phenoxy) is 2. The summed E-state index contributed by atoms with van der Waals surface area (Å²) in [6.07, 6.45) is 7.89. The van der Waals surface area contributed by atoms with Crippen LogP contribution in [0.4, 0.5) is 11.4 Å². The first-order chi connectivity index (χ1) is 13.0. The molecule has 0 amide bonds. The lowest BCUT2D eigenvalue weighted by Crippen LogP contribution is -2.24. The maximum absolute atomic E-state index is 6.19. The van der Waals surface area contributed by atoms with E-state index in [0.29, 0.717) is 0 Å². The Kier molecular flexibility index (Phi) is 8.31. The van der Waals surface area contributed by atoms with Gasteiger partial charge in [0.05, 0.1) is 0 Å². The molecule has 1 atom stereocenters. The lowest BCUT2D eigenvalue weighted by atomic mass is 10.1. The van der Waals surface area contributed by atoms with Crippen LogP contribution in [0.1, 0.15) is 63.0 Å². The van der Waals surface area contributed by atoms with Gasteiger partial charge in [0.25, 0.3) is 0 Å². The van der Waals surface area contributed by atoms with Crippen molar-refractivity contribution in [3.05, 3.63) is 47.5 Å². The number of anilines is 2. The Morgan fingerprint density at radius 2 is 1.59 bits per heavy atom. The van der Waals surface area contributed by atoms with Crippen molar-refractivity contribution in [1.82, 2.24) is 0 Å². The van der Waals surface area contributed by atoms with Crippen molar-refractivity contribution in [2.45, 2.75) is 72.0 Å². The van der Waals surface area contributed by atoms with Gasteiger partial charge in [0.1, 0.15) is 11.5 Å². The van der Waals surface area contributed by atoms with Gasteiger partial charge in [-0.3, -0.25) is 0 Å². The highest BCUT2D eigenvalue weighted by Gasteiger charge is 2.15. The number of benzene rings is 2. The van der Waals surface area contributed by atoms with Crippen LogP contribution < -0.4 is 20.9 Å². The van der Waals surface area contributed by atoms with Crippen LogP contribution in [0.5, 0.6) is 11.5 Å². The van der Waals surface area contributed by atoms with Crippen molar-refractivity contribution in [3.8, 4) is 11.5 Å². The highest BCUT2D eigenvalue weighted by atomic mass is 16.7. The van der Waals surface area contributed by atoms with Crippen LogP contribution in [0.2, 0.25) is 0 Å². The first-order valence-electron chi connectivity index (χ1n) is 10.1. The monoisotopic (exact) mass is 370 g/mol. The van der Waals surface area contributed by atoms with E-state index >= 15 is 0 Å². The zero-order valence-electron chi connectivity index (χ0n) is 17.0. The minimum absolute atomic E-state index is 0.348. The molecule has 4 nitrogen and oxygen atoms in total. The number of nitrogens with two attached hydrogens (primary N) is 2. The second-order valence-corrected chi connectivity index (χ2v) is 7.21. The van der Waals surface area contributed by atoms with E-state index in [9.17, 15) is 0 Å². The highest BCUT2D eigenvalue weighted by Crippen LogP contribution is 2.27. The van der Waals surface area contributed by atoms with Crippen LogP contribution >= 0.6 is 0 Å². The number of unbranched alkanes of at least 4 members (excludes halogenated alkanes) is 5. The van der Waals surface area contributed by atoms with E-state index < -0.39 is 0 Å². The molecule has 0 aliphatic heterocycles. The Morgan fingerprint density at radius 3 is 2.33 bits per heavy atom. The Balaban J connectivity index is 2.02. The summed E-state index contributed by atoms with van der Waals surface area (Å²) in [4.78, 5) is 0. The van der Waals surface area contributed by atoms with Gasteiger partial charge in [0.15, 0.2) is 0 Å². The summed E-state index contributed by atoms with van der Waals surface area (Å²) < 4.78 is 12.4.